The smallest absolute Gasteiger partial charge is 0.318 e. The normalized spacial score (nSPS) is 27.8. The lowest BCUT2D eigenvalue weighted by Gasteiger charge is -2.10. The van der Waals surface area contributed by atoms with E-state index in [1.54, 1.807) is 0 Å². The summed E-state index contributed by atoms with van der Waals surface area (Å²) in [5.41, 5.74) is 0. The molecule has 2 unspecified atom stereocenters. The molecule has 1 aliphatic heterocycles. The Kier molecular flexibility index (Phi) is 3.49. The van der Waals surface area contributed by atoms with Crippen LogP contribution in [-0.2, 0) is 19.4 Å². The summed E-state index contributed by atoms with van der Waals surface area (Å²) in [6.07, 6.45) is 1.29. The summed E-state index contributed by atoms with van der Waals surface area (Å²) >= 11 is 0. The molecule has 0 bridgehead atoms. The molecule has 0 amide bonds. The van der Waals surface area contributed by atoms with E-state index in [1.165, 1.54) is 0 Å². The Morgan fingerprint density at radius 2 is 2.14 bits per heavy atom. The SMILES string of the molecule is CC1CCC(CS(=O)(=O)CC(=O)O)O1. The lowest BCUT2D eigenvalue weighted by molar-refractivity contribution is -0.134. The maximum Gasteiger partial charge on any atom is 0.318 e. The van der Waals surface area contributed by atoms with Crippen LogP contribution in [0.3, 0.4) is 0 Å². The predicted octanol–water partition coefficient (Wildman–Crippen LogP) is 0.0533. The average Bonchev–Trinajstić information content (AvgIpc) is 2.30. The number of sulfone groups is 1. The first kappa shape index (κ1) is 11.5. The molecule has 0 radical (unpaired) electrons. The van der Waals surface area contributed by atoms with Crippen molar-refractivity contribution < 1.29 is 23.1 Å². The van der Waals surface area contributed by atoms with Crippen LogP contribution < -0.4 is 0 Å². The third-order valence-corrected chi connectivity index (χ3v) is 3.67. The second kappa shape index (κ2) is 4.27. The third kappa shape index (κ3) is 3.63. The number of ether oxygens (including phenoxy) is 1. The first-order chi connectivity index (χ1) is 6.39. The molecule has 1 heterocycles. The van der Waals surface area contributed by atoms with Crippen LogP contribution in [0.2, 0.25) is 0 Å². The molecule has 82 valence electrons. The van der Waals surface area contributed by atoms with Crippen molar-refractivity contribution in [2.75, 3.05) is 11.5 Å². The Morgan fingerprint density at radius 3 is 2.57 bits per heavy atom. The van der Waals surface area contributed by atoms with Crippen molar-refractivity contribution >= 4 is 15.8 Å². The van der Waals surface area contributed by atoms with E-state index in [4.69, 9.17) is 9.84 Å². The van der Waals surface area contributed by atoms with Crippen molar-refractivity contribution in [1.82, 2.24) is 0 Å². The van der Waals surface area contributed by atoms with Gasteiger partial charge < -0.3 is 9.84 Å². The number of carboxylic acids is 1. The van der Waals surface area contributed by atoms with Crippen molar-refractivity contribution in [3.8, 4) is 0 Å². The van der Waals surface area contributed by atoms with E-state index >= 15 is 0 Å². The van der Waals surface area contributed by atoms with E-state index in [1.807, 2.05) is 6.92 Å². The molecule has 1 rings (SSSR count). The second-order valence-electron chi connectivity index (χ2n) is 3.59. The highest BCUT2D eigenvalue weighted by Gasteiger charge is 2.28. The third-order valence-electron chi connectivity index (χ3n) is 2.10. The molecule has 1 aliphatic rings. The quantitative estimate of drug-likeness (QED) is 0.727. The number of hydrogen-bond donors (Lipinski definition) is 1. The second-order valence-corrected chi connectivity index (χ2v) is 5.70. The Balaban J connectivity index is 2.47. The maximum atomic E-state index is 11.2. The summed E-state index contributed by atoms with van der Waals surface area (Å²) in [5.74, 6) is -2.29. The van der Waals surface area contributed by atoms with E-state index in [-0.39, 0.29) is 18.0 Å². The Hall–Kier alpha value is -0.620. The average molecular weight is 222 g/mol. The highest BCUT2D eigenvalue weighted by Crippen LogP contribution is 2.20. The fourth-order valence-electron chi connectivity index (χ4n) is 1.54. The zero-order chi connectivity index (χ0) is 10.8. The maximum absolute atomic E-state index is 11.2. The van der Waals surface area contributed by atoms with E-state index < -0.39 is 21.6 Å². The molecule has 1 N–H and O–H groups in total. The fraction of sp³-hybridized carbons (Fsp3) is 0.875. The summed E-state index contributed by atoms with van der Waals surface area (Å²) in [7, 11) is -3.51. The molecule has 1 fully saturated rings. The van der Waals surface area contributed by atoms with Gasteiger partial charge in [-0.05, 0) is 19.8 Å². The summed E-state index contributed by atoms with van der Waals surface area (Å²) in [4.78, 5) is 10.2. The molecule has 0 aromatic rings. The molecule has 14 heavy (non-hydrogen) atoms. The van der Waals surface area contributed by atoms with Crippen LogP contribution in [0.15, 0.2) is 0 Å². The molecule has 0 aliphatic carbocycles. The van der Waals surface area contributed by atoms with Gasteiger partial charge in [-0.2, -0.15) is 0 Å². The summed E-state index contributed by atoms with van der Waals surface area (Å²) in [6, 6.07) is 0. The topological polar surface area (TPSA) is 80.7 Å². The van der Waals surface area contributed by atoms with Crippen LogP contribution in [0, 0.1) is 0 Å². The van der Waals surface area contributed by atoms with Crippen LogP contribution in [0.5, 0.6) is 0 Å². The molecular formula is C8H14O5S. The standard InChI is InChI=1S/C8H14O5S/c1-6-2-3-7(13-6)4-14(11,12)5-8(9)10/h6-7H,2-5H2,1H3,(H,9,10). The van der Waals surface area contributed by atoms with Gasteiger partial charge in [0.25, 0.3) is 0 Å². The van der Waals surface area contributed by atoms with Crippen LogP contribution in [0.4, 0.5) is 0 Å². The first-order valence-corrected chi connectivity index (χ1v) is 6.29. The number of aliphatic carboxylic acids is 1. The van der Waals surface area contributed by atoms with Gasteiger partial charge in [-0.25, -0.2) is 8.42 Å². The van der Waals surface area contributed by atoms with Gasteiger partial charge in [0.15, 0.2) is 9.84 Å². The van der Waals surface area contributed by atoms with Gasteiger partial charge in [-0.1, -0.05) is 0 Å². The lowest BCUT2D eigenvalue weighted by atomic mass is 10.2. The zero-order valence-corrected chi connectivity index (χ0v) is 8.79. The lowest BCUT2D eigenvalue weighted by Crippen LogP contribution is -2.26. The van der Waals surface area contributed by atoms with Crippen molar-refractivity contribution in [2.24, 2.45) is 0 Å². The van der Waals surface area contributed by atoms with Crippen molar-refractivity contribution in [3.63, 3.8) is 0 Å². The minimum Gasteiger partial charge on any atom is -0.480 e. The zero-order valence-electron chi connectivity index (χ0n) is 7.97. The van der Waals surface area contributed by atoms with E-state index in [0.29, 0.717) is 6.42 Å². The Bertz CT molecular complexity index is 308. The molecule has 0 aromatic heterocycles. The van der Waals surface area contributed by atoms with E-state index in [2.05, 4.69) is 0 Å². The van der Waals surface area contributed by atoms with Gasteiger partial charge in [-0.15, -0.1) is 0 Å². The number of carbonyl (C=O) groups is 1. The Labute approximate surface area is 83.0 Å². The van der Waals surface area contributed by atoms with E-state index in [0.717, 1.165) is 6.42 Å². The van der Waals surface area contributed by atoms with Gasteiger partial charge in [0.05, 0.1) is 18.0 Å². The van der Waals surface area contributed by atoms with Crippen LogP contribution >= 0.6 is 0 Å². The highest BCUT2D eigenvalue weighted by atomic mass is 32.2. The largest absolute Gasteiger partial charge is 0.480 e. The molecule has 5 nitrogen and oxygen atoms in total. The van der Waals surface area contributed by atoms with Crippen molar-refractivity contribution in [1.29, 1.82) is 0 Å². The van der Waals surface area contributed by atoms with Crippen LogP contribution in [-0.4, -0.2) is 43.2 Å². The molecule has 0 aromatic carbocycles. The molecule has 0 spiro atoms. The van der Waals surface area contributed by atoms with Crippen molar-refractivity contribution in [2.45, 2.75) is 32.0 Å². The van der Waals surface area contributed by atoms with Crippen LogP contribution in [0.1, 0.15) is 19.8 Å². The van der Waals surface area contributed by atoms with E-state index in [9.17, 15) is 13.2 Å². The van der Waals surface area contributed by atoms with Gasteiger partial charge in [0, 0.05) is 0 Å². The van der Waals surface area contributed by atoms with Gasteiger partial charge in [0.2, 0.25) is 0 Å². The van der Waals surface area contributed by atoms with Gasteiger partial charge in [0.1, 0.15) is 5.75 Å². The van der Waals surface area contributed by atoms with Crippen LogP contribution in [0.25, 0.3) is 0 Å². The van der Waals surface area contributed by atoms with Crippen molar-refractivity contribution in [3.05, 3.63) is 0 Å². The monoisotopic (exact) mass is 222 g/mol. The number of hydrogen-bond acceptors (Lipinski definition) is 4. The Morgan fingerprint density at radius 1 is 1.50 bits per heavy atom. The molecule has 0 saturated carbocycles. The molecular weight excluding hydrogens is 208 g/mol. The molecule has 1 saturated heterocycles. The summed E-state index contributed by atoms with van der Waals surface area (Å²) < 4.78 is 27.8. The summed E-state index contributed by atoms with van der Waals surface area (Å²) in [5, 5.41) is 8.36. The minimum atomic E-state index is -3.51. The van der Waals surface area contributed by atoms with Gasteiger partial charge in [-0.3, -0.25) is 4.79 Å². The minimum absolute atomic E-state index is 0.0834. The number of rotatable bonds is 4. The highest BCUT2D eigenvalue weighted by molar-refractivity contribution is 7.92. The molecule has 6 heteroatoms. The molecule has 2 atom stereocenters. The predicted molar refractivity (Wildman–Crippen MR) is 49.9 cm³/mol. The van der Waals surface area contributed by atoms with Gasteiger partial charge >= 0.3 is 5.97 Å². The first-order valence-electron chi connectivity index (χ1n) is 4.47. The number of carboxylic acid groups (broad SMARTS) is 1. The summed E-state index contributed by atoms with van der Waals surface area (Å²) in [6.45, 7) is 1.88. The fourth-order valence-corrected chi connectivity index (χ4v) is 2.84.